The average Bonchev–Trinajstić information content (AvgIpc) is 2.59. The maximum absolute atomic E-state index is 5.62. The van der Waals surface area contributed by atoms with Crippen LogP contribution in [0.3, 0.4) is 0 Å². The second-order valence-electron chi connectivity index (χ2n) is 3.64. The summed E-state index contributed by atoms with van der Waals surface area (Å²) in [6, 6.07) is 0. The van der Waals surface area contributed by atoms with E-state index in [4.69, 9.17) is 5.73 Å². The van der Waals surface area contributed by atoms with E-state index in [1.165, 1.54) is 0 Å². The highest BCUT2D eigenvalue weighted by molar-refractivity contribution is 5.48. The lowest BCUT2D eigenvalue weighted by atomic mass is 10.1. The standard InChI is InChI=1S/C10H14N4/c1-7-4-12-10-9(8(2)3-11)5-13-14(10)6-7/h4-6,8H,3,11H2,1-2H3. The smallest absolute Gasteiger partial charge is 0.158 e. The fourth-order valence-electron chi connectivity index (χ4n) is 1.46. The van der Waals surface area contributed by atoms with Gasteiger partial charge in [0.1, 0.15) is 0 Å². The Morgan fingerprint density at radius 1 is 1.50 bits per heavy atom. The van der Waals surface area contributed by atoms with Crippen molar-refractivity contribution in [3.05, 3.63) is 29.7 Å². The van der Waals surface area contributed by atoms with Gasteiger partial charge >= 0.3 is 0 Å². The molecule has 4 nitrogen and oxygen atoms in total. The molecule has 0 amide bonds. The van der Waals surface area contributed by atoms with Crippen molar-refractivity contribution in [2.24, 2.45) is 5.73 Å². The monoisotopic (exact) mass is 190 g/mol. The number of nitrogens with two attached hydrogens (primary N) is 1. The lowest BCUT2D eigenvalue weighted by Crippen LogP contribution is -2.08. The van der Waals surface area contributed by atoms with Crippen LogP contribution in [0.2, 0.25) is 0 Å². The van der Waals surface area contributed by atoms with E-state index in [1.54, 1.807) is 4.52 Å². The lowest BCUT2D eigenvalue weighted by molar-refractivity contribution is 0.778. The Bertz CT molecular complexity index is 446. The number of aromatic nitrogens is 3. The number of hydrogen-bond acceptors (Lipinski definition) is 3. The molecule has 2 N–H and O–H groups in total. The van der Waals surface area contributed by atoms with Gasteiger partial charge in [-0.25, -0.2) is 9.50 Å². The fraction of sp³-hybridized carbons (Fsp3) is 0.400. The molecule has 0 radical (unpaired) electrons. The Hall–Kier alpha value is -1.42. The molecule has 0 bridgehead atoms. The highest BCUT2D eigenvalue weighted by atomic mass is 15.2. The SMILES string of the molecule is Cc1cnc2c(C(C)CN)cnn2c1. The zero-order valence-electron chi connectivity index (χ0n) is 8.44. The van der Waals surface area contributed by atoms with Crippen molar-refractivity contribution in [1.82, 2.24) is 14.6 Å². The van der Waals surface area contributed by atoms with Crippen LogP contribution in [-0.2, 0) is 0 Å². The number of rotatable bonds is 2. The second kappa shape index (κ2) is 3.38. The first-order valence-electron chi connectivity index (χ1n) is 4.72. The minimum Gasteiger partial charge on any atom is -0.330 e. The molecule has 2 aromatic heterocycles. The largest absolute Gasteiger partial charge is 0.330 e. The van der Waals surface area contributed by atoms with Crippen LogP contribution in [0.5, 0.6) is 0 Å². The molecular weight excluding hydrogens is 176 g/mol. The summed E-state index contributed by atoms with van der Waals surface area (Å²) >= 11 is 0. The predicted molar refractivity (Wildman–Crippen MR) is 55.2 cm³/mol. The topological polar surface area (TPSA) is 56.2 Å². The van der Waals surface area contributed by atoms with Crippen molar-refractivity contribution in [2.75, 3.05) is 6.54 Å². The number of aryl methyl sites for hydroxylation is 1. The third-order valence-electron chi connectivity index (χ3n) is 2.40. The van der Waals surface area contributed by atoms with Crippen LogP contribution in [0.15, 0.2) is 18.6 Å². The molecule has 0 saturated heterocycles. The summed E-state index contributed by atoms with van der Waals surface area (Å²) in [5, 5.41) is 4.25. The molecule has 0 aromatic carbocycles. The molecule has 0 spiro atoms. The summed E-state index contributed by atoms with van der Waals surface area (Å²) in [6.07, 6.45) is 5.66. The molecular formula is C10H14N4. The molecule has 1 atom stereocenters. The second-order valence-corrected chi connectivity index (χ2v) is 3.64. The van der Waals surface area contributed by atoms with E-state index >= 15 is 0 Å². The molecule has 0 aliphatic heterocycles. The van der Waals surface area contributed by atoms with Gasteiger partial charge in [-0.05, 0) is 24.9 Å². The van der Waals surface area contributed by atoms with Gasteiger partial charge in [-0.2, -0.15) is 5.10 Å². The van der Waals surface area contributed by atoms with Crippen LogP contribution in [0.4, 0.5) is 0 Å². The van der Waals surface area contributed by atoms with Crippen LogP contribution < -0.4 is 5.73 Å². The summed E-state index contributed by atoms with van der Waals surface area (Å²) in [5.41, 5.74) is 8.75. The summed E-state index contributed by atoms with van der Waals surface area (Å²) in [4.78, 5) is 4.35. The quantitative estimate of drug-likeness (QED) is 0.771. The van der Waals surface area contributed by atoms with Gasteiger partial charge in [-0.3, -0.25) is 0 Å². The van der Waals surface area contributed by atoms with Gasteiger partial charge in [-0.15, -0.1) is 0 Å². The van der Waals surface area contributed by atoms with Crippen molar-refractivity contribution in [3.8, 4) is 0 Å². The van der Waals surface area contributed by atoms with E-state index in [9.17, 15) is 0 Å². The molecule has 0 fully saturated rings. The minimum atomic E-state index is 0.308. The van der Waals surface area contributed by atoms with Gasteiger partial charge in [-0.1, -0.05) is 6.92 Å². The van der Waals surface area contributed by atoms with Gasteiger partial charge in [0.05, 0.1) is 6.20 Å². The first-order chi connectivity index (χ1) is 6.72. The molecule has 1 unspecified atom stereocenters. The Kier molecular flexibility index (Phi) is 2.21. The first kappa shape index (κ1) is 9.15. The Balaban J connectivity index is 2.58. The molecule has 4 heteroatoms. The number of nitrogens with zero attached hydrogens (tertiary/aromatic N) is 3. The van der Waals surface area contributed by atoms with E-state index in [1.807, 2.05) is 25.5 Å². The van der Waals surface area contributed by atoms with E-state index in [0.717, 1.165) is 16.8 Å². The third kappa shape index (κ3) is 1.37. The van der Waals surface area contributed by atoms with Gasteiger partial charge in [0.15, 0.2) is 5.65 Å². The van der Waals surface area contributed by atoms with E-state index < -0.39 is 0 Å². The molecule has 74 valence electrons. The van der Waals surface area contributed by atoms with Gasteiger partial charge in [0.2, 0.25) is 0 Å². The fourth-order valence-corrected chi connectivity index (χ4v) is 1.46. The van der Waals surface area contributed by atoms with Crippen LogP contribution >= 0.6 is 0 Å². The highest BCUT2D eigenvalue weighted by Gasteiger charge is 2.10. The zero-order valence-corrected chi connectivity index (χ0v) is 8.44. The van der Waals surface area contributed by atoms with Crippen LogP contribution in [0.25, 0.3) is 5.65 Å². The van der Waals surface area contributed by atoms with Crippen LogP contribution in [-0.4, -0.2) is 21.1 Å². The van der Waals surface area contributed by atoms with Crippen molar-refractivity contribution in [2.45, 2.75) is 19.8 Å². The van der Waals surface area contributed by atoms with E-state index in [-0.39, 0.29) is 0 Å². The minimum absolute atomic E-state index is 0.308. The maximum Gasteiger partial charge on any atom is 0.158 e. The van der Waals surface area contributed by atoms with Crippen molar-refractivity contribution in [3.63, 3.8) is 0 Å². The predicted octanol–water partition coefficient (Wildman–Crippen LogP) is 1.10. The van der Waals surface area contributed by atoms with Crippen LogP contribution in [0, 0.1) is 6.92 Å². The third-order valence-corrected chi connectivity index (χ3v) is 2.40. The molecule has 0 saturated carbocycles. The first-order valence-corrected chi connectivity index (χ1v) is 4.72. The van der Waals surface area contributed by atoms with E-state index in [0.29, 0.717) is 12.5 Å². The molecule has 0 aliphatic rings. The highest BCUT2D eigenvalue weighted by Crippen LogP contribution is 2.17. The molecule has 2 rings (SSSR count). The lowest BCUT2D eigenvalue weighted by Gasteiger charge is -2.04. The van der Waals surface area contributed by atoms with Gasteiger partial charge < -0.3 is 5.73 Å². The van der Waals surface area contributed by atoms with Gasteiger partial charge in [0.25, 0.3) is 0 Å². The zero-order chi connectivity index (χ0) is 10.1. The maximum atomic E-state index is 5.62. The van der Waals surface area contributed by atoms with Crippen molar-refractivity contribution >= 4 is 5.65 Å². The van der Waals surface area contributed by atoms with Gasteiger partial charge in [0, 0.05) is 18.0 Å². The number of hydrogen-bond donors (Lipinski definition) is 1. The van der Waals surface area contributed by atoms with Crippen molar-refractivity contribution < 1.29 is 0 Å². The van der Waals surface area contributed by atoms with Crippen LogP contribution in [0.1, 0.15) is 24.0 Å². The summed E-state index contributed by atoms with van der Waals surface area (Å²) in [5.74, 6) is 0.308. The van der Waals surface area contributed by atoms with Crippen molar-refractivity contribution in [1.29, 1.82) is 0 Å². The molecule has 0 aliphatic carbocycles. The molecule has 14 heavy (non-hydrogen) atoms. The Morgan fingerprint density at radius 2 is 2.29 bits per heavy atom. The van der Waals surface area contributed by atoms with E-state index in [2.05, 4.69) is 17.0 Å². The summed E-state index contributed by atoms with van der Waals surface area (Å²) in [7, 11) is 0. The Morgan fingerprint density at radius 3 is 3.00 bits per heavy atom. The molecule has 2 heterocycles. The molecule has 2 aromatic rings. The Labute approximate surface area is 82.8 Å². The summed E-state index contributed by atoms with van der Waals surface area (Å²) in [6.45, 7) is 4.70. The summed E-state index contributed by atoms with van der Waals surface area (Å²) < 4.78 is 1.80. The normalized spacial score (nSPS) is 13.4. The average molecular weight is 190 g/mol. The number of fused-ring (bicyclic) bond motifs is 1.